The van der Waals surface area contributed by atoms with E-state index in [2.05, 4.69) is 22.9 Å². The van der Waals surface area contributed by atoms with E-state index in [1.807, 2.05) is 0 Å². The van der Waals surface area contributed by atoms with Gasteiger partial charge in [-0.2, -0.15) is 0 Å². The van der Waals surface area contributed by atoms with Crippen molar-refractivity contribution in [3.8, 4) is 0 Å². The fourth-order valence-corrected chi connectivity index (χ4v) is 7.91. The molecule has 0 bridgehead atoms. The topological polar surface area (TPSA) is 204 Å². The van der Waals surface area contributed by atoms with E-state index in [1.54, 1.807) is 0 Å². The molecule has 1 fully saturated rings. The maximum absolute atomic E-state index is 11.4. The zero-order chi connectivity index (χ0) is 37.1. The molecule has 1 saturated heterocycles. The average Bonchev–Trinajstić information content (AvgIpc) is 3.05. The van der Waals surface area contributed by atoms with Crippen molar-refractivity contribution in [3.63, 3.8) is 0 Å². The van der Waals surface area contributed by atoms with Crippen LogP contribution < -0.4 is 138 Å². The van der Waals surface area contributed by atoms with Crippen LogP contribution in [0.4, 0.5) is 0 Å². The summed E-state index contributed by atoms with van der Waals surface area (Å²) in [5.74, 6) is 0.117. The van der Waals surface area contributed by atoms with Crippen LogP contribution in [0.2, 0.25) is 0 Å². The molecule has 2 N–H and O–H groups in total. The van der Waals surface area contributed by atoms with Gasteiger partial charge in [0.15, 0.2) is 6.29 Å². The van der Waals surface area contributed by atoms with Gasteiger partial charge in [0.2, 0.25) is 0 Å². The monoisotopic (exact) mass is 848 g/mol. The molecule has 0 aromatic heterocycles. The number of phosphoric acid groups is 2. The first-order valence-electron chi connectivity index (χ1n) is 19.9. The summed E-state index contributed by atoms with van der Waals surface area (Å²) in [6, 6.07) is 0. The van der Waals surface area contributed by atoms with Crippen LogP contribution in [0.5, 0.6) is 0 Å². The van der Waals surface area contributed by atoms with E-state index in [9.17, 15) is 38.9 Å². The number of unbranched alkanes of at least 4 members (excludes halogenated alkanes) is 22. The predicted octanol–water partition coefficient (Wildman–Crippen LogP) is -5.68. The molecule has 0 spiro atoms. The largest absolute Gasteiger partial charge is 1.00 e. The first-order valence-corrected chi connectivity index (χ1v) is 22.8. The number of aliphatic hydroxyl groups excluding tert-OH is 2. The smallest absolute Gasteiger partial charge is 0.790 e. The molecule has 0 amide bonds. The van der Waals surface area contributed by atoms with Crippen molar-refractivity contribution in [2.24, 2.45) is 5.92 Å². The second kappa shape index (κ2) is 41.1. The third kappa shape index (κ3) is 35.6. The Morgan fingerprint density at radius 1 is 0.556 bits per heavy atom. The summed E-state index contributed by atoms with van der Waals surface area (Å²) in [6.45, 7) is 3.71. The quantitative estimate of drug-likeness (QED) is 0.0354. The van der Waals surface area contributed by atoms with Gasteiger partial charge in [0.25, 0.3) is 0 Å². The van der Waals surface area contributed by atoms with Gasteiger partial charge in [0, 0.05) is 0 Å². The summed E-state index contributed by atoms with van der Waals surface area (Å²) in [5, 5.41) is 20.6. The molecule has 0 saturated carbocycles. The maximum Gasteiger partial charge on any atom is 1.00 e. The van der Waals surface area contributed by atoms with Gasteiger partial charge in [0.05, 0.1) is 28.9 Å². The zero-order valence-electron chi connectivity index (χ0n) is 35.1. The number of aliphatic hydroxyl groups is 2. The minimum absolute atomic E-state index is 0. The summed E-state index contributed by atoms with van der Waals surface area (Å²) < 4.78 is 42.9. The van der Waals surface area contributed by atoms with Crippen LogP contribution in [0, 0.1) is 5.92 Å². The third-order valence-electron chi connectivity index (χ3n) is 9.72. The van der Waals surface area contributed by atoms with Crippen molar-refractivity contribution in [1.29, 1.82) is 0 Å². The van der Waals surface area contributed by atoms with Gasteiger partial charge < -0.3 is 57.4 Å². The first-order chi connectivity index (χ1) is 23.9. The Balaban J connectivity index is -0.00000312. The molecule has 1 rings (SSSR count). The van der Waals surface area contributed by atoms with Gasteiger partial charge in [-0.05, 0) is 18.8 Å². The summed E-state index contributed by atoms with van der Waals surface area (Å²) in [7, 11) is -11.5. The molecule has 0 radical (unpaired) electrons. The van der Waals surface area contributed by atoms with Crippen LogP contribution in [0.15, 0.2) is 0 Å². The molecular weight excluding hydrogens is 778 g/mol. The fourth-order valence-electron chi connectivity index (χ4n) is 6.81. The van der Waals surface area contributed by atoms with Gasteiger partial charge in [-0.15, -0.1) is 0 Å². The normalized spacial score (nSPS) is 20.1. The summed E-state index contributed by atoms with van der Waals surface area (Å²) in [6.07, 6.45) is 22.3. The number of rotatable bonds is 34. The zero-order valence-corrected chi connectivity index (χ0v) is 44.9. The molecule has 0 aromatic carbocycles. The molecule has 54 heavy (non-hydrogen) atoms. The number of hydrogen-bond donors (Lipinski definition) is 2. The van der Waals surface area contributed by atoms with Crippen molar-refractivity contribution in [2.75, 3.05) is 13.2 Å². The van der Waals surface area contributed by atoms with Crippen molar-refractivity contribution in [3.05, 3.63) is 0 Å². The van der Waals surface area contributed by atoms with E-state index in [4.69, 9.17) is 9.47 Å². The van der Waals surface area contributed by atoms with E-state index in [0.717, 1.165) is 38.5 Å². The van der Waals surface area contributed by atoms with Gasteiger partial charge >= 0.3 is 118 Å². The minimum Gasteiger partial charge on any atom is -0.790 e. The Labute approximate surface area is 416 Å². The minimum atomic E-state index is -5.78. The Kier molecular flexibility index (Phi) is 49.2. The second-order valence-corrected chi connectivity index (χ2v) is 16.5. The van der Waals surface area contributed by atoms with Crippen LogP contribution in [-0.2, 0) is 27.7 Å². The van der Waals surface area contributed by atoms with Gasteiger partial charge in [-0.3, -0.25) is 0 Å². The molecule has 0 aromatic rings. The van der Waals surface area contributed by atoms with Crippen LogP contribution in [-0.4, -0.2) is 54.1 Å². The fraction of sp³-hybridized carbons (Fsp3) is 1.00. The molecule has 0 unspecified atom stereocenters. The molecule has 12 nitrogen and oxygen atoms in total. The van der Waals surface area contributed by atoms with Crippen molar-refractivity contribution in [2.45, 2.75) is 211 Å². The number of ether oxygens (including phenoxy) is 2. The number of phosphoric ester groups is 2. The second-order valence-electron chi connectivity index (χ2n) is 14.3. The average molecular weight is 849 g/mol. The van der Waals surface area contributed by atoms with E-state index >= 15 is 0 Å². The molecule has 18 heteroatoms. The Morgan fingerprint density at radius 2 is 0.870 bits per heavy atom. The Hall–Kier alpha value is 4.06. The van der Waals surface area contributed by atoms with Crippen LogP contribution in [0.3, 0.4) is 0 Å². The molecule has 1 heterocycles. The van der Waals surface area contributed by atoms with Gasteiger partial charge in [-0.1, -0.05) is 168 Å². The van der Waals surface area contributed by atoms with E-state index in [-0.39, 0.29) is 131 Å². The molecular formula is C36H70Na4O12P2. The van der Waals surface area contributed by atoms with Crippen LogP contribution in [0.1, 0.15) is 181 Å². The number of hydrogen-bond acceptors (Lipinski definition) is 12. The molecule has 5 atom stereocenters. The first kappa shape index (κ1) is 64.7. The third-order valence-corrected chi connectivity index (χ3v) is 10.7. The van der Waals surface area contributed by atoms with Crippen molar-refractivity contribution in [1.82, 2.24) is 0 Å². The standard InChI is InChI=1S/C36H74O12P2.4Na/c1-3-5-7-9-11-13-15-17-19-21-23-25-27-31(28-26-24-22-20-18-16-14-12-10-8-6-4-2)30-45-36-33(38)35(48-50(42,43)44)34(32(29-37)46-36)47-49(39,40)41;;;;/h31-38H,3-30H2,1-2H3,(H2,39,40,41)(H2,42,43,44);;;;/q;4*+1/p-4/t32-,33-,34+,35-,36-;;;;/m1..../s1. The van der Waals surface area contributed by atoms with Gasteiger partial charge in [0.1, 0.15) is 24.4 Å². The molecule has 300 valence electrons. The summed E-state index contributed by atoms with van der Waals surface area (Å²) in [5.41, 5.74) is 0. The van der Waals surface area contributed by atoms with E-state index in [0.29, 0.717) is 0 Å². The Bertz CT molecular complexity index is 878. The summed E-state index contributed by atoms with van der Waals surface area (Å²) in [4.78, 5) is 45.5. The van der Waals surface area contributed by atoms with Crippen molar-refractivity contribution < 1.29 is 176 Å². The Morgan fingerprint density at radius 3 is 1.19 bits per heavy atom. The van der Waals surface area contributed by atoms with Crippen molar-refractivity contribution >= 4 is 15.6 Å². The van der Waals surface area contributed by atoms with Crippen LogP contribution in [0.25, 0.3) is 0 Å². The SMILES string of the molecule is CCCCCCCCCCCCCCC(CCCCCCCCCCCCCC)CO[C@@H]1O[C@H](CO)[C@H](OP(=O)([O-])[O-])[C@H](OP(=O)([O-])[O-])[C@H]1O.[Na+].[Na+].[Na+].[Na+]. The summed E-state index contributed by atoms with van der Waals surface area (Å²) >= 11 is 0. The molecule has 1 aliphatic rings. The van der Waals surface area contributed by atoms with E-state index < -0.39 is 53.0 Å². The van der Waals surface area contributed by atoms with Crippen LogP contribution >= 0.6 is 15.6 Å². The molecule has 0 aliphatic carbocycles. The molecule has 1 aliphatic heterocycles. The van der Waals surface area contributed by atoms with E-state index in [1.165, 1.54) is 128 Å². The van der Waals surface area contributed by atoms with Gasteiger partial charge in [-0.25, -0.2) is 0 Å². The predicted molar refractivity (Wildman–Crippen MR) is 188 cm³/mol. The maximum atomic E-state index is 11.4.